The Labute approximate surface area is 357 Å². The first-order chi connectivity index (χ1) is 28.9. The summed E-state index contributed by atoms with van der Waals surface area (Å²) in [6.07, 6.45) is -2.68. The molecule has 21 heteroatoms. The zero-order valence-corrected chi connectivity index (χ0v) is 35.8. The van der Waals surface area contributed by atoms with Crippen molar-refractivity contribution in [3.8, 4) is 11.4 Å². The number of hydrogen-bond donors (Lipinski definition) is 4. The van der Waals surface area contributed by atoms with Crippen molar-refractivity contribution in [2.75, 3.05) is 25.2 Å². The number of amidine groups is 1. The molecule has 13 nitrogen and oxygen atoms in total. The summed E-state index contributed by atoms with van der Waals surface area (Å²) in [5, 5.41) is 17.6. The minimum absolute atomic E-state index is 0.00433. The highest BCUT2D eigenvalue weighted by Gasteiger charge is 2.51. The highest BCUT2D eigenvalue weighted by atomic mass is 35.5. The van der Waals surface area contributed by atoms with Crippen LogP contribution in [0.2, 0.25) is 5.02 Å². The number of ether oxygens (including phenoxy) is 1. The smallest absolute Gasteiger partial charge is 0.292 e. The molecule has 62 heavy (non-hydrogen) atoms. The maximum Gasteiger partial charge on any atom is 0.292 e. The topological polar surface area (TPSA) is 173 Å². The van der Waals surface area contributed by atoms with Gasteiger partial charge in [-0.05, 0) is 60.2 Å². The Bertz CT molecular complexity index is 2740. The number of rotatable bonds is 14. The third-order valence-corrected chi connectivity index (χ3v) is 11.1. The zero-order chi connectivity index (χ0) is 45.6. The van der Waals surface area contributed by atoms with E-state index in [2.05, 4.69) is 15.7 Å². The minimum Gasteiger partial charge on any atom is -0.493 e. The number of sulfonamides is 1. The quantitative estimate of drug-likeness (QED) is 0.0502. The van der Waals surface area contributed by atoms with E-state index in [0.29, 0.717) is 22.9 Å². The number of fused-ring (bicyclic) bond motifs is 2. The predicted octanol–water partition coefficient (Wildman–Crippen LogP) is 7.57. The maximum absolute atomic E-state index is 15.5. The summed E-state index contributed by atoms with van der Waals surface area (Å²) >= 11 is 6.52. The average molecular weight is 909 g/mol. The second-order valence-corrected chi connectivity index (χ2v) is 18.4. The number of carbonyl (C=O) groups excluding carboxylic acids is 1. The van der Waals surface area contributed by atoms with Gasteiger partial charge < -0.3 is 15.4 Å². The Balaban J connectivity index is 1.58. The number of carbonyl (C=O) groups is 1. The number of alkyl halides is 4. The lowest BCUT2D eigenvalue weighted by molar-refractivity contribution is -0.123. The standard InChI is InChI=1S/C41H43ClF6N8O5S/c1-20-13-26-33(36(45)46)53-55(35(26)41(20,47)48)19-31(57)51-29(16-21-14-22(43)17-23(44)15-21)38-52-28-18-24(61-12-11-40(2,3)4)7-8-25(28)39(58)56(38)30-10-9-27(42)32(34(30)50-5)37(49)54-62(6,59)60/h7-10,14-15,17-18,20,29,36,50H,11-13,16,19H2,1-6H3,(H2,49,54)(H,51,57). The number of anilines is 1. The summed E-state index contributed by atoms with van der Waals surface area (Å²) in [7, 11) is -2.63. The van der Waals surface area contributed by atoms with Gasteiger partial charge in [0.15, 0.2) is 0 Å². The van der Waals surface area contributed by atoms with Gasteiger partial charge in [0.25, 0.3) is 17.9 Å². The summed E-state index contributed by atoms with van der Waals surface area (Å²) in [5.74, 6) is -8.77. The van der Waals surface area contributed by atoms with E-state index in [1.54, 1.807) is 0 Å². The molecule has 1 aliphatic rings. The third-order valence-electron chi connectivity index (χ3n) is 10.2. The van der Waals surface area contributed by atoms with Crippen molar-refractivity contribution in [2.45, 2.75) is 71.9 Å². The van der Waals surface area contributed by atoms with Gasteiger partial charge in [-0.25, -0.2) is 31.0 Å². The van der Waals surface area contributed by atoms with Crippen LogP contribution < -0.4 is 25.7 Å². The van der Waals surface area contributed by atoms with Gasteiger partial charge in [-0.15, -0.1) is 0 Å². The van der Waals surface area contributed by atoms with Gasteiger partial charge in [0, 0.05) is 37.1 Å². The lowest BCUT2D eigenvalue weighted by atomic mass is 9.93. The van der Waals surface area contributed by atoms with Crippen molar-refractivity contribution in [1.29, 1.82) is 5.41 Å². The Morgan fingerprint density at radius 1 is 1.10 bits per heavy atom. The average Bonchev–Trinajstić information content (AvgIpc) is 3.62. The van der Waals surface area contributed by atoms with E-state index < -0.39 is 94.0 Å². The predicted molar refractivity (Wildman–Crippen MR) is 221 cm³/mol. The van der Waals surface area contributed by atoms with E-state index in [0.717, 1.165) is 23.0 Å². The number of benzene rings is 3. The molecule has 4 N–H and O–H groups in total. The number of nitrogens with zero attached hydrogens (tertiary/aromatic N) is 4. The molecule has 3 aromatic carbocycles. The molecule has 0 saturated heterocycles. The van der Waals surface area contributed by atoms with Crippen LogP contribution in [0.5, 0.6) is 5.75 Å². The maximum atomic E-state index is 15.5. The first-order valence-corrected chi connectivity index (χ1v) is 21.4. The Kier molecular flexibility index (Phi) is 12.8. The molecule has 6 rings (SSSR count). The molecule has 2 unspecified atom stereocenters. The summed E-state index contributed by atoms with van der Waals surface area (Å²) in [6, 6.07) is 8.04. The first-order valence-electron chi connectivity index (χ1n) is 19.2. The molecule has 332 valence electrons. The van der Waals surface area contributed by atoms with E-state index in [9.17, 15) is 35.6 Å². The summed E-state index contributed by atoms with van der Waals surface area (Å²) < 4.78 is 122. The number of hydrogen-bond acceptors (Lipinski definition) is 9. The molecule has 2 heterocycles. The van der Waals surface area contributed by atoms with Gasteiger partial charge in [-0.3, -0.25) is 29.0 Å². The lowest BCUT2D eigenvalue weighted by Crippen LogP contribution is -2.38. The van der Waals surface area contributed by atoms with E-state index in [1.165, 1.54) is 44.3 Å². The van der Waals surface area contributed by atoms with Gasteiger partial charge >= 0.3 is 0 Å². The number of aromatic nitrogens is 4. The first kappa shape index (κ1) is 45.9. The lowest BCUT2D eigenvalue weighted by Gasteiger charge is -2.26. The van der Waals surface area contributed by atoms with Gasteiger partial charge in [0.05, 0.1) is 51.8 Å². The van der Waals surface area contributed by atoms with Crippen LogP contribution >= 0.6 is 11.6 Å². The van der Waals surface area contributed by atoms with Crippen molar-refractivity contribution >= 4 is 50.0 Å². The molecule has 0 saturated carbocycles. The number of nitrogens with one attached hydrogen (secondary N) is 4. The van der Waals surface area contributed by atoms with E-state index in [-0.39, 0.29) is 61.8 Å². The highest BCUT2D eigenvalue weighted by Crippen LogP contribution is 2.48. The van der Waals surface area contributed by atoms with Gasteiger partial charge in [0.1, 0.15) is 47.0 Å². The Morgan fingerprint density at radius 2 is 1.77 bits per heavy atom. The highest BCUT2D eigenvalue weighted by molar-refractivity contribution is 7.89. The fraction of sp³-hybridized carbons (Fsp3) is 0.390. The molecule has 5 aromatic rings. The van der Waals surface area contributed by atoms with Crippen LogP contribution in [0.4, 0.5) is 32.0 Å². The van der Waals surface area contributed by atoms with Crippen LogP contribution in [0.15, 0.2) is 53.3 Å². The Hall–Kier alpha value is -5.63. The fourth-order valence-corrected chi connectivity index (χ4v) is 8.02. The molecule has 2 atom stereocenters. The molecular weight excluding hydrogens is 866 g/mol. The summed E-state index contributed by atoms with van der Waals surface area (Å²) in [4.78, 5) is 33.7. The molecule has 0 fully saturated rings. The zero-order valence-electron chi connectivity index (χ0n) is 34.3. The number of halogens is 7. The molecule has 1 aliphatic carbocycles. The third kappa shape index (κ3) is 9.70. The molecule has 1 amide bonds. The Morgan fingerprint density at radius 3 is 2.39 bits per heavy atom. The monoisotopic (exact) mass is 908 g/mol. The second kappa shape index (κ2) is 17.3. The van der Waals surface area contributed by atoms with Crippen LogP contribution in [0.25, 0.3) is 16.6 Å². The molecule has 0 bridgehead atoms. The largest absolute Gasteiger partial charge is 0.493 e. The molecular formula is C41H43ClF6N8O5S. The second-order valence-electron chi connectivity index (χ2n) is 16.3. The summed E-state index contributed by atoms with van der Waals surface area (Å²) in [6.45, 7) is 6.52. The van der Waals surface area contributed by atoms with Gasteiger partial charge in [-0.1, -0.05) is 39.3 Å². The van der Waals surface area contributed by atoms with Crippen molar-refractivity contribution in [2.24, 2.45) is 11.3 Å². The van der Waals surface area contributed by atoms with Crippen LogP contribution in [-0.4, -0.2) is 59.4 Å². The van der Waals surface area contributed by atoms with Crippen molar-refractivity contribution in [3.05, 3.63) is 109 Å². The van der Waals surface area contributed by atoms with Crippen molar-refractivity contribution in [1.82, 2.24) is 29.4 Å². The number of amides is 1. The van der Waals surface area contributed by atoms with Crippen LogP contribution in [0.1, 0.15) is 80.5 Å². The normalized spacial score (nSPS) is 15.4. The van der Waals surface area contributed by atoms with Gasteiger partial charge in [-0.2, -0.15) is 13.9 Å². The van der Waals surface area contributed by atoms with Crippen LogP contribution in [0.3, 0.4) is 0 Å². The molecule has 0 spiro atoms. The van der Waals surface area contributed by atoms with Crippen LogP contribution in [0, 0.1) is 28.4 Å². The summed E-state index contributed by atoms with van der Waals surface area (Å²) in [5.41, 5.74) is -3.39. The van der Waals surface area contributed by atoms with E-state index in [1.807, 2.05) is 25.5 Å². The van der Waals surface area contributed by atoms with E-state index in [4.69, 9.17) is 26.7 Å². The van der Waals surface area contributed by atoms with Crippen LogP contribution in [-0.2, 0) is 40.1 Å². The minimum atomic E-state index is -4.03. The SMILES string of the molecule is CNc1c(-n2c(C(Cc3cc(F)cc(F)c3)NC(=O)Cn3nc(C(F)F)c4c3C(F)(F)C(C)C4)nc3cc(OCCC(C)(C)C)ccc3c2=O)ccc(Cl)c1C(=N)NS(C)(=O)=O. The molecule has 0 aliphatic heterocycles. The van der Waals surface area contributed by atoms with E-state index >= 15 is 8.78 Å². The van der Waals surface area contributed by atoms with Crippen molar-refractivity contribution in [3.63, 3.8) is 0 Å². The molecule has 2 aromatic heterocycles. The fourth-order valence-electron chi connectivity index (χ4n) is 7.30. The van der Waals surface area contributed by atoms with Crippen molar-refractivity contribution < 1.29 is 44.3 Å². The molecule has 0 radical (unpaired) electrons. The van der Waals surface area contributed by atoms with Gasteiger partial charge in [0.2, 0.25) is 15.9 Å².